The quantitative estimate of drug-likeness (QED) is 0.639. The number of ether oxygens (including phenoxy) is 2. The first-order valence-electron chi connectivity index (χ1n) is 7.99. The number of nitrogens with zero attached hydrogens (tertiary/aromatic N) is 3. The molecule has 0 radical (unpaired) electrons. The Labute approximate surface area is 144 Å². The van der Waals surface area contributed by atoms with E-state index < -0.39 is 12.0 Å². The summed E-state index contributed by atoms with van der Waals surface area (Å²) in [6, 6.07) is 5.40. The summed E-state index contributed by atoms with van der Waals surface area (Å²) in [4.78, 5) is 16.8. The van der Waals surface area contributed by atoms with E-state index in [1.807, 2.05) is 6.92 Å². The number of benzene rings is 1. The van der Waals surface area contributed by atoms with Crippen LogP contribution < -0.4 is 5.32 Å². The van der Waals surface area contributed by atoms with Crippen molar-refractivity contribution in [3.05, 3.63) is 53.2 Å². The number of carbonyl (C=O) groups is 1. The Morgan fingerprint density at radius 3 is 2.80 bits per heavy atom. The van der Waals surface area contributed by atoms with Gasteiger partial charge >= 0.3 is 5.97 Å². The van der Waals surface area contributed by atoms with Gasteiger partial charge in [0.15, 0.2) is 0 Å². The van der Waals surface area contributed by atoms with E-state index in [9.17, 15) is 9.18 Å². The van der Waals surface area contributed by atoms with Gasteiger partial charge in [-0.15, -0.1) is 0 Å². The van der Waals surface area contributed by atoms with Crippen molar-refractivity contribution < 1.29 is 18.7 Å². The van der Waals surface area contributed by atoms with Crippen molar-refractivity contribution in [1.82, 2.24) is 14.8 Å². The van der Waals surface area contributed by atoms with Gasteiger partial charge in [-0.25, -0.2) is 13.9 Å². The van der Waals surface area contributed by atoms with E-state index in [1.165, 1.54) is 18.5 Å². The van der Waals surface area contributed by atoms with Crippen molar-refractivity contribution in [2.45, 2.75) is 19.9 Å². The Morgan fingerprint density at radius 2 is 2.08 bits per heavy atom. The maximum absolute atomic E-state index is 13.3. The lowest BCUT2D eigenvalue weighted by molar-refractivity contribution is -0.141. The van der Waals surface area contributed by atoms with Gasteiger partial charge in [-0.2, -0.15) is 10.1 Å². The van der Waals surface area contributed by atoms with Crippen molar-refractivity contribution in [3.8, 4) is 0 Å². The first-order chi connectivity index (χ1) is 12.1. The molecule has 25 heavy (non-hydrogen) atoms. The van der Waals surface area contributed by atoms with E-state index in [4.69, 9.17) is 9.47 Å². The zero-order chi connectivity index (χ0) is 17.8. The van der Waals surface area contributed by atoms with Crippen LogP contribution in [0.3, 0.4) is 0 Å². The maximum Gasteiger partial charge on any atom is 0.338 e. The van der Waals surface area contributed by atoms with Crippen LogP contribution in [-0.4, -0.2) is 40.6 Å². The lowest BCUT2D eigenvalue weighted by atomic mass is 9.96. The number of nitrogens with one attached hydrogen (secondary N) is 1. The minimum Gasteiger partial charge on any atom is -0.460 e. The first-order valence-corrected chi connectivity index (χ1v) is 7.99. The van der Waals surface area contributed by atoms with Crippen molar-refractivity contribution in [1.29, 1.82) is 0 Å². The number of anilines is 1. The second kappa shape index (κ2) is 7.43. The molecule has 1 N–H and O–H groups in total. The lowest BCUT2D eigenvalue weighted by Crippen LogP contribution is -2.30. The summed E-state index contributed by atoms with van der Waals surface area (Å²) in [5.41, 5.74) is 1.74. The third-order valence-electron chi connectivity index (χ3n) is 3.86. The Morgan fingerprint density at radius 1 is 1.32 bits per heavy atom. The van der Waals surface area contributed by atoms with Gasteiger partial charge in [0.05, 0.1) is 12.2 Å². The van der Waals surface area contributed by atoms with Crippen molar-refractivity contribution in [2.24, 2.45) is 0 Å². The molecule has 8 heteroatoms. The molecule has 0 amide bonds. The minimum absolute atomic E-state index is 0.157. The van der Waals surface area contributed by atoms with Gasteiger partial charge in [-0.05, 0) is 31.5 Å². The third kappa shape index (κ3) is 3.53. The molecule has 1 aliphatic rings. The van der Waals surface area contributed by atoms with E-state index in [2.05, 4.69) is 15.4 Å². The number of aromatic nitrogens is 3. The molecular weight excluding hydrogens is 327 g/mol. The van der Waals surface area contributed by atoms with E-state index in [1.54, 1.807) is 23.7 Å². The molecule has 0 saturated carbocycles. The van der Waals surface area contributed by atoms with Crippen LogP contribution in [-0.2, 0) is 14.3 Å². The Balaban J connectivity index is 1.92. The highest BCUT2D eigenvalue weighted by Crippen LogP contribution is 2.35. The van der Waals surface area contributed by atoms with E-state index in [0.717, 1.165) is 0 Å². The first kappa shape index (κ1) is 17.1. The van der Waals surface area contributed by atoms with E-state index >= 15 is 0 Å². The molecule has 132 valence electrons. The predicted octanol–water partition coefficient (Wildman–Crippen LogP) is 2.29. The summed E-state index contributed by atoms with van der Waals surface area (Å²) in [5, 5.41) is 7.24. The number of hydrogen-bond donors (Lipinski definition) is 1. The highest BCUT2D eigenvalue weighted by atomic mass is 19.1. The SMILES string of the molecule is CCOCCOC(=O)C1=C(C)Nc2ncnn2C1c1ccc(F)cc1. The molecular formula is C17H19FN4O3. The minimum atomic E-state index is -0.543. The number of allylic oxidation sites excluding steroid dienone is 1. The lowest BCUT2D eigenvalue weighted by Gasteiger charge is -2.28. The number of hydrogen-bond acceptors (Lipinski definition) is 6. The summed E-state index contributed by atoms with van der Waals surface area (Å²) in [6.07, 6.45) is 1.40. The van der Waals surface area contributed by atoms with Gasteiger partial charge in [0, 0.05) is 12.3 Å². The van der Waals surface area contributed by atoms with Crippen LogP contribution in [0.15, 0.2) is 41.9 Å². The largest absolute Gasteiger partial charge is 0.460 e. The highest BCUT2D eigenvalue weighted by Gasteiger charge is 2.34. The average Bonchev–Trinajstić information content (AvgIpc) is 3.06. The molecule has 3 rings (SSSR count). The molecule has 1 unspecified atom stereocenters. The molecule has 0 fully saturated rings. The van der Waals surface area contributed by atoms with Crippen molar-refractivity contribution in [2.75, 3.05) is 25.1 Å². The fourth-order valence-electron chi connectivity index (χ4n) is 2.72. The van der Waals surface area contributed by atoms with Gasteiger partial charge in [0.1, 0.15) is 24.8 Å². The fourth-order valence-corrected chi connectivity index (χ4v) is 2.72. The molecule has 1 aromatic carbocycles. The molecule has 0 spiro atoms. The number of halogens is 1. The Kier molecular flexibility index (Phi) is 5.08. The summed E-state index contributed by atoms with van der Waals surface area (Å²) in [7, 11) is 0. The van der Waals surface area contributed by atoms with Crippen LogP contribution in [0.2, 0.25) is 0 Å². The van der Waals surface area contributed by atoms with Gasteiger partial charge < -0.3 is 14.8 Å². The summed E-state index contributed by atoms with van der Waals surface area (Å²) < 4.78 is 25.4. The van der Waals surface area contributed by atoms with Crippen LogP contribution >= 0.6 is 0 Å². The topological polar surface area (TPSA) is 78.3 Å². The van der Waals surface area contributed by atoms with Crippen LogP contribution in [0.4, 0.5) is 10.3 Å². The second-order valence-corrected chi connectivity index (χ2v) is 5.48. The fraction of sp³-hybridized carbons (Fsp3) is 0.353. The molecule has 0 bridgehead atoms. The standard InChI is InChI=1S/C17H19FN4O3/c1-3-24-8-9-25-16(23)14-11(2)21-17-19-10-20-22(17)15(14)12-4-6-13(18)7-5-12/h4-7,10,15H,3,8-9H2,1-2H3,(H,19,20,21). The monoisotopic (exact) mass is 346 g/mol. The van der Waals surface area contributed by atoms with Crippen LogP contribution in [0.5, 0.6) is 0 Å². The van der Waals surface area contributed by atoms with Crippen LogP contribution in [0.25, 0.3) is 0 Å². The van der Waals surface area contributed by atoms with Crippen molar-refractivity contribution in [3.63, 3.8) is 0 Å². The van der Waals surface area contributed by atoms with Gasteiger partial charge in [-0.1, -0.05) is 12.1 Å². The molecule has 1 aromatic heterocycles. The summed E-state index contributed by atoms with van der Waals surface area (Å²) in [5.74, 6) is -0.309. The molecule has 2 aromatic rings. The molecule has 1 aliphatic heterocycles. The highest BCUT2D eigenvalue weighted by molar-refractivity contribution is 5.92. The Hall–Kier alpha value is -2.74. The maximum atomic E-state index is 13.3. The van der Waals surface area contributed by atoms with Gasteiger partial charge in [0.2, 0.25) is 5.95 Å². The molecule has 1 atom stereocenters. The third-order valence-corrected chi connectivity index (χ3v) is 3.86. The predicted molar refractivity (Wildman–Crippen MR) is 88.3 cm³/mol. The van der Waals surface area contributed by atoms with Gasteiger partial charge in [0.25, 0.3) is 0 Å². The molecule has 0 aliphatic carbocycles. The van der Waals surface area contributed by atoms with E-state index in [-0.39, 0.29) is 12.4 Å². The molecule has 0 saturated heterocycles. The van der Waals surface area contributed by atoms with Crippen LogP contribution in [0, 0.1) is 5.82 Å². The zero-order valence-electron chi connectivity index (χ0n) is 14.0. The average molecular weight is 346 g/mol. The zero-order valence-corrected chi connectivity index (χ0v) is 14.0. The van der Waals surface area contributed by atoms with Crippen molar-refractivity contribution >= 4 is 11.9 Å². The summed E-state index contributed by atoms with van der Waals surface area (Å²) >= 11 is 0. The van der Waals surface area contributed by atoms with E-state index in [0.29, 0.717) is 36.0 Å². The number of carbonyl (C=O) groups excluding carboxylic acids is 1. The Bertz CT molecular complexity index is 785. The number of rotatable bonds is 6. The van der Waals surface area contributed by atoms with Gasteiger partial charge in [-0.3, -0.25) is 0 Å². The summed E-state index contributed by atoms with van der Waals surface area (Å²) in [6.45, 7) is 4.69. The second-order valence-electron chi connectivity index (χ2n) is 5.48. The molecule has 7 nitrogen and oxygen atoms in total. The normalized spacial score (nSPS) is 16.4. The number of fused-ring (bicyclic) bond motifs is 1. The molecule has 2 heterocycles. The number of esters is 1. The van der Waals surface area contributed by atoms with Crippen LogP contribution in [0.1, 0.15) is 25.5 Å². The smallest absolute Gasteiger partial charge is 0.338 e.